The van der Waals surface area contributed by atoms with Gasteiger partial charge < -0.3 is 20.5 Å². The molecule has 0 radical (unpaired) electrons. The number of aromatic nitrogens is 1. The maximum atomic E-state index is 12.6. The molecular formula is C26H27N3O5S. The van der Waals surface area contributed by atoms with Gasteiger partial charge in [0, 0.05) is 23.3 Å². The highest BCUT2D eigenvalue weighted by atomic mass is 32.1. The molecule has 1 aliphatic carbocycles. The number of hydrogen-bond donors (Lipinski definition) is 3. The summed E-state index contributed by atoms with van der Waals surface area (Å²) in [5.74, 6) is -1.32. The van der Waals surface area contributed by atoms with Crippen molar-refractivity contribution in [2.24, 2.45) is 5.41 Å². The molecule has 3 N–H and O–H groups in total. The number of carbonyl (C=O) groups excluding carboxylic acids is 2. The summed E-state index contributed by atoms with van der Waals surface area (Å²) in [4.78, 5) is 39.8. The fourth-order valence-corrected chi connectivity index (χ4v) is 4.83. The van der Waals surface area contributed by atoms with Gasteiger partial charge in [0.15, 0.2) is 5.69 Å². The molecule has 0 aliphatic heterocycles. The number of carboxylic acid groups (broad SMARTS) is 1. The number of thiazole rings is 1. The van der Waals surface area contributed by atoms with Gasteiger partial charge in [0.05, 0.1) is 6.54 Å². The number of carboxylic acids is 1. The number of hydrogen-bond acceptors (Lipinski definition) is 6. The third kappa shape index (κ3) is 5.51. The van der Waals surface area contributed by atoms with Crippen LogP contribution in [0.25, 0.3) is 11.1 Å². The van der Waals surface area contributed by atoms with Crippen LogP contribution >= 0.6 is 11.3 Å². The van der Waals surface area contributed by atoms with Crippen molar-refractivity contribution in [2.45, 2.75) is 32.7 Å². The first-order valence-electron chi connectivity index (χ1n) is 11.3. The highest BCUT2D eigenvalue weighted by molar-refractivity contribution is 7.09. The van der Waals surface area contributed by atoms with Gasteiger partial charge in [0.1, 0.15) is 11.6 Å². The van der Waals surface area contributed by atoms with E-state index in [1.54, 1.807) is 13.8 Å². The van der Waals surface area contributed by atoms with Crippen molar-refractivity contribution >= 4 is 29.3 Å². The van der Waals surface area contributed by atoms with E-state index >= 15 is 0 Å². The molecule has 0 bridgehead atoms. The molecule has 1 aromatic heterocycles. The van der Waals surface area contributed by atoms with Gasteiger partial charge in [-0.3, -0.25) is 4.79 Å². The molecule has 0 saturated carbocycles. The minimum Gasteiger partial charge on any atom is -0.476 e. The molecule has 0 spiro atoms. The molecule has 2 amide bonds. The van der Waals surface area contributed by atoms with Crippen LogP contribution in [0.5, 0.6) is 0 Å². The summed E-state index contributed by atoms with van der Waals surface area (Å²) < 4.78 is 5.54. The highest BCUT2D eigenvalue weighted by Gasteiger charge is 2.30. The van der Waals surface area contributed by atoms with Crippen LogP contribution in [0.15, 0.2) is 53.9 Å². The summed E-state index contributed by atoms with van der Waals surface area (Å²) in [7, 11) is 0. The van der Waals surface area contributed by atoms with E-state index in [1.807, 2.05) is 24.3 Å². The molecule has 9 heteroatoms. The van der Waals surface area contributed by atoms with Crippen molar-refractivity contribution in [1.82, 2.24) is 15.6 Å². The number of aromatic carboxylic acids is 1. The Labute approximate surface area is 207 Å². The van der Waals surface area contributed by atoms with Gasteiger partial charge in [-0.15, -0.1) is 11.3 Å². The number of nitrogens with zero attached hydrogens (tertiary/aromatic N) is 1. The van der Waals surface area contributed by atoms with Crippen LogP contribution in [0.4, 0.5) is 4.79 Å². The molecule has 2 aromatic carbocycles. The van der Waals surface area contributed by atoms with Crippen molar-refractivity contribution in [3.8, 4) is 11.1 Å². The fraction of sp³-hybridized carbons (Fsp3) is 0.308. The van der Waals surface area contributed by atoms with E-state index in [0.29, 0.717) is 11.4 Å². The number of benzene rings is 2. The molecule has 1 heterocycles. The van der Waals surface area contributed by atoms with E-state index in [-0.39, 0.29) is 37.2 Å². The Morgan fingerprint density at radius 3 is 2.26 bits per heavy atom. The summed E-state index contributed by atoms with van der Waals surface area (Å²) in [6.45, 7) is 4.23. The van der Waals surface area contributed by atoms with Crippen molar-refractivity contribution in [3.05, 3.63) is 75.7 Å². The third-order valence-corrected chi connectivity index (χ3v) is 7.00. The van der Waals surface area contributed by atoms with E-state index in [2.05, 4.69) is 39.9 Å². The zero-order valence-electron chi connectivity index (χ0n) is 19.5. The normalized spacial score (nSPS) is 12.5. The van der Waals surface area contributed by atoms with Crippen molar-refractivity contribution in [2.75, 3.05) is 13.2 Å². The van der Waals surface area contributed by atoms with Crippen LogP contribution in [0.3, 0.4) is 0 Å². The van der Waals surface area contributed by atoms with Crippen LogP contribution in [-0.4, -0.2) is 41.2 Å². The lowest BCUT2D eigenvalue weighted by Gasteiger charge is -2.23. The Bertz CT molecular complexity index is 1210. The lowest BCUT2D eigenvalue weighted by atomic mass is 9.88. The van der Waals surface area contributed by atoms with Gasteiger partial charge >= 0.3 is 12.1 Å². The second kappa shape index (κ2) is 10.3. The molecule has 182 valence electrons. The molecule has 1 aliphatic rings. The second-order valence-electron chi connectivity index (χ2n) is 9.00. The quantitative estimate of drug-likeness (QED) is 0.406. The van der Waals surface area contributed by atoms with E-state index in [0.717, 1.165) is 11.1 Å². The van der Waals surface area contributed by atoms with E-state index < -0.39 is 17.5 Å². The van der Waals surface area contributed by atoms with Gasteiger partial charge in [-0.2, -0.15) is 0 Å². The standard InChI is InChI=1S/C26H27N3O5S/c1-26(2,24(32)28-13-22-29-21(15-35-22)23(30)31)11-12-27-25(33)34-14-20-18-9-5-3-7-16(18)17-8-4-6-10-19(17)20/h3-10,15,20H,11-14H2,1-2H3,(H,27,33)(H,28,32)(H,30,31). The van der Waals surface area contributed by atoms with Gasteiger partial charge in [-0.25, -0.2) is 14.6 Å². The fourth-order valence-electron chi connectivity index (χ4n) is 4.13. The van der Waals surface area contributed by atoms with Gasteiger partial charge in [-0.05, 0) is 28.7 Å². The predicted octanol–water partition coefficient (Wildman–Crippen LogP) is 4.41. The average molecular weight is 494 g/mol. The van der Waals surface area contributed by atoms with Crippen molar-refractivity contribution in [3.63, 3.8) is 0 Å². The smallest absolute Gasteiger partial charge is 0.407 e. The first-order valence-corrected chi connectivity index (χ1v) is 12.2. The summed E-state index contributed by atoms with van der Waals surface area (Å²) in [6.07, 6.45) is -0.117. The van der Waals surface area contributed by atoms with Gasteiger partial charge in [0.25, 0.3) is 0 Å². The Balaban J connectivity index is 1.24. The van der Waals surface area contributed by atoms with E-state index in [4.69, 9.17) is 9.84 Å². The molecule has 3 aromatic rings. The third-order valence-electron chi connectivity index (χ3n) is 6.15. The number of ether oxygens (including phenoxy) is 1. The molecule has 8 nitrogen and oxygen atoms in total. The number of rotatable bonds is 9. The van der Waals surface area contributed by atoms with Gasteiger partial charge in [-0.1, -0.05) is 62.4 Å². The van der Waals surface area contributed by atoms with Crippen LogP contribution in [-0.2, 0) is 16.1 Å². The topological polar surface area (TPSA) is 118 Å². The van der Waals surface area contributed by atoms with Crippen LogP contribution in [0.2, 0.25) is 0 Å². The van der Waals surface area contributed by atoms with Gasteiger partial charge in [0.2, 0.25) is 5.91 Å². The average Bonchev–Trinajstić information content (AvgIpc) is 3.44. The summed E-state index contributed by atoms with van der Waals surface area (Å²) in [6, 6.07) is 16.3. The molecule has 4 rings (SSSR count). The molecule has 0 fully saturated rings. The highest BCUT2D eigenvalue weighted by Crippen LogP contribution is 2.44. The summed E-state index contributed by atoms with van der Waals surface area (Å²) >= 11 is 1.18. The maximum absolute atomic E-state index is 12.6. The molecule has 0 atom stereocenters. The van der Waals surface area contributed by atoms with Crippen LogP contribution in [0, 0.1) is 5.41 Å². The number of carbonyl (C=O) groups is 3. The lowest BCUT2D eigenvalue weighted by molar-refractivity contribution is -0.129. The monoisotopic (exact) mass is 493 g/mol. The SMILES string of the molecule is CC(C)(CCNC(=O)OCC1c2ccccc2-c2ccccc21)C(=O)NCc1nc(C(=O)O)cs1. The molecule has 35 heavy (non-hydrogen) atoms. The van der Waals surface area contributed by atoms with Crippen molar-refractivity contribution in [1.29, 1.82) is 0 Å². The van der Waals surface area contributed by atoms with Crippen LogP contribution < -0.4 is 10.6 Å². The molecule has 0 unspecified atom stereocenters. The number of alkyl carbamates (subject to hydrolysis) is 1. The van der Waals surface area contributed by atoms with E-state index in [1.165, 1.54) is 27.8 Å². The molecular weight excluding hydrogens is 466 g/mol. The number of amides is 2. The largest absolute Gasteiger partial charge is 0.476 e. The maximum Gasteiger partial charge on any atom is 0.407 e. The predicted molar refractivity (Wildman–Crippen MR) is 132 cm³/mol. The Morgan fingerprint density at radius 2 is 1.66 bits per heavy atom. The number of nitrogens with one attached hydrogen (secondary N) is 2. The minimum atomic E-state index is -1.10. The molecule has 0 saturated heterocycles. The summed E-state index contributed by atoms with van der Waals surface area (Å²) in [5.41, 5.74) is 3.85. The van der Waals surface area contributed by atoms with E-state index in [9.17, 15) is 14.4 Å². The Hall–Kier alpha value is -3.72. The number of fused-ring (bicyclic) bond motifs is 3. The van der Waals surface area contributed by atoms with Crippen LogP contribution in [0.1, 0.15) is 52.8 Å². The Kier molecular flexibility index (Phi) is 7.16. The second-order valence-corrected chi connectivity index (χ2v) is 9.94. The zero-order chi connectivity index (χ0) is 25.0. The minimum absolute atomic E-state index is 0.0112. The summed E-state index contributed by atoms with van der Waals surface area (Å²) in [5, 5.41) is 16.4. The Morgan fingerprint density at radius 1 is 1.03 bits per heavy atom. The van der Waals surface area contributed by atoms with Crippen molar-refractivity contribution < 1.29 is 24.2 Å². The first-order chi connectivity index (χ1) is 16.8. The first kappa shape index (κ1) is 24.4. The zero-order valence-corrected chi connectivity index (χ0v) is 20.4. The lowest BCUT2D eigenvalue weighted by Crippen LogP contribution is -2.39.